The van der Waals surface area contributed by atoms with Crippen molar-refractivity contribution < 1.29 is 24.2 Å². The molecule has 2 N–H and O–H groups in total. The quantitative estimate of drug-likeness (QED) is 0.318. The Hall–Kier alpha value is -4.15. The molecule has 1 saturated heterocycles. The predicted octanol–water partition coefficient (Wildman–Crippen LogP) is 3.53. The van der Waals surface area contributed by atoms with Crippen molar-refractivity contribution >= 4 is 39.3 Å². The monoisotopic (exact) mass is 451 g/mol. The lowest BCUT2D eigenvalue weighted by Crippen LogP contribution is -2.35. The largest absolute Gasteiger partial charge is 0.493 e. The Morgan fingerprint density at radius 3 is 2.79 bits per heavy atom. The number of benzene rings is 2. The van der Waals surface area contributed by atoms with Crippen molar-refractivity contribution in [2.75, 3.05) is 24.6 Å². The average molecular weight is 451 g/mol. The van der Waals surface area contributed by atoms with Crippen molar-refractivity contribution in [1.29, 1.82) is 0 Å². The third kappa shape index (κ3) is 4.04. The van der Waals surface area contributed by atoms with Gasteiger partial charge in [-0.3, -0.25) is 14.9 Å². The zero-order valence-corrected chi connectivity index (χ0v) is 17.6. The van der Waals surface area contributed by atoms with E-state index in [9.17, 15) is 14.9 Å². The van der Waals surface area contributed by atoms with Gasteiger partial charge >= 0.3 is 11.7 Å². The number of H-pyrrole nitrogens is 1. The molecule has 1 aliphatic rings. The number of nitrogens with one attached hydrogen (secondary N) is 1. The molecule has 2 aromatic carbocycles. The van der Waals surface area contributed by atoms with Crippen LogP contribution in [0.5, 0.6) is 5.75 Å². The molecule has 3 heterocycles. The second-order valence-corrected chi connectivity index (χ2v) is 8.16. The van der Waals surface area contributed by atoms with Gasteiger partial charge in [0.1, 0.15) is 5.75 Å². The molecule has 170 valence electrons. The third-order valence-corrected chi connectivity index (χ3v) is 6.09. The highest BCUT2D eigenvalue weighted by Crippen LogP contribution is 2.33. The molecule has 1 aliphatic heterocycles. The van der Waals surface area contributed by atoms with Crippen LogP contribution in [0, 0.1) is 16.0 Å². The van der Waals surface area contributed by atoms with Crippen LogP contribution in [0.25, 0.3) is 21.9 Å². The summed E-state index contributed by atoms with van der Waals surface area (Å²) in [5, 5.41) is 28.7. The minimum absolute atomic E-state index is 0.0428. The number of nitrogens with zero attached hydrogens (tertiary/aromatic N) is 4. The standard InChI is InChI=1S/C22H21N5O6/c28-20(29)9-14-11-23-17-2-1-15(10-16(14)17)32-12-13-5-7-26(8-6-13)18-3-4-19(27(30)31)22-21(18)24-33-25-22/h1-4,10-11,13,23H,5-9,12H2,(H,28,29). The number of hydrogen-bond acceptors (Lipinski definition) is 8. The van der Waals surface area contributed by atoms with Crippen LogP contribution in [0.1, 0.15) is 18.4 Å². The van der Waals surface area contributed by atoms with Gasteiger partial charge in [0, 0.05) is 36.3 Å². The summed E-state index contributed by atoms with van der Waals surface area (Å²) in [5.41, 5.74) is 2.82. The number of non-ortho nitro benzene ring substituents is 1. The summed E-state index contributed by atoms with van der Waals surface area (Å²) < 4.78 is 10.8. The van der Waals surface area contributed by atoms with Crippen molar-refractivity contribution in [3.63, 3.8) is 0 Å². The summed E-state index contributed by atoms with van der Waals surface area (Å²) >= 11 is 0. The minimum Gasteiger partial charge on any atom is -0.493 e. The number of hydrogen-bond donors (Lipinski definition) is 2. The SMILES string of the molecule is O=C(O)Cc1c[nH]c2ccc(OCC3CCN(c4ccc([N+](=O)[O-])c5nonc45)CC3)cc12. The average Bonchev–Trinajstić information content (AvgIpc) is 3.44. The van der Waals surface area contributed by atoms with E-state index in [1.165, 1.54) is 6.07 Å². The molecule has 0 saturated carbocycles. The van der Waals surface area contributed by atoms with Gasteiger partial charge < -0.3 is 19.7 Å². The van der Waals surface area contributed by atoms with Crippen molar-refractivity contribution in [3.8, 4) is 5.75 Å². The van der Waals surface area contributed by atoms with Gasteiger partial charge in [-0.15, -0.1) is 0 Å². The number of carboxylic acid groups (broad SMARTS) is 1. The first kappa shape index (κ1) is 20.7. The number of anilines is 1. The number of rotatable bonds is 7. The summed E-state index contributed by atoms with van der Waals surface area (Å²) in [5.74, 6) is 0.188. The first-order chi connectivity index (χ1) is 16.0. The third-order valence-electron chi connectivity index (χ3n) is 6.09. The lowest BCUT2D eigenvalue weighted by molar-refractivity contribution is -0.383. The van der Waals surface area contributed by atoms with E-state index in [4.69, 9.17) is 14.5 Å². The molecule has 33 heavy (non-hydrogen) atoms. The maximum atomic E-state index is 11.2. The van der Waals surface area contributed by atoms with Gasteiger partial charge in [0.2, 0.25) is 5.52 Å². The number of aromatic nitrogens is 3. The van der Waals surface area contributed by atoms with E-state index < -0.39 is 10.9 Å². The molecular formula is C22H21N5O6. The van der Waals surface area contributed by atoms with Gasteiger partial charge in [-0.2, -0.15) is 0 Å². The Morgan fingerprint density at radius 2 is 2.03 bits per heavy atom. The summed E-state index contributed by atoms with van der Waals surface area (Å²) in [6.45, 7) is 2.07. The minimum atomic E-state index is -0.874. The van der Waals surface area contributed by atoms with E-state index in [2.05, 4.69) is 20.2 Å². The van der Waals surface area contributed by atoms with E-state index >= 15 is 0 Å². The molecule has 1 fully saturated rings. The molecular weight excluding hydrogens is 430 g/mol. The zero-order valence-electron chi connectivity index (χ0n) is 17.6. The lowest BCUT2D eigenvalue weighted by Gasteiger charge is -2.33. The molecule has 11 heteroatoms. The number of carbonyl (C=O) groups is 1. The summed E-state index contributed by atoms with van der Waals surface area (Å²) in [6, 6.07) is 8.79. The molecule has 5 rings (SSSR count). The lowest BCUT2D eigenvalue weighted by atomic mass is 9.97. The number of aromatic amines is 1. The Labute approximate surface area is 187 Å². The van der Waals surface area contributed by atoms with E-state index in [1.807, 2.05) is 18.2 Å². The number of piperidine rings is 1. The molecule has 4 aromatic rings. The fourth-order valence-electron chi connectivity index (χ4n) is 4.35. The molecule has 0 atom stereocenters. The summed E-state index contributed by atoms with van der Waals surface area (Å²) in [7, 11) is 0. The molecule has 0 unspecified atom stereocenters. The summed E-state index contributed by atoms with van der Waals surface area (Å²) in [6.07, 6.45) is 3.46. The molecule has 0 bridgehead atoms. The first-order valence-electron chi connectivity index (χ1n) is 10.6. The Morgan fingerprint density at radius 1 is 1.24 bits per heavy atom. The van der Waals surface area contributed by atoms with E-state index in [-0.39, 0.29) is 17.6 Å². The van der Waals surface area contributed by atoms with Crippen LogP contribution in [0.2, 0.25) is 0 Å². The van der Waals surface area contributed by atoms with Gasteiger partial charge in [0.15, 0.2) is 5.52 Å². The second-order valence-electron chi connectivity index (χ2n) is 8.16. The summed E-state index contributed by atoms with van der Waals surface area (Å²) in [4.78, 5) is 27.0. The van der Waals surface area contributed by atoms with Crippen LogP contribution in [-0.4, -0.2) is 51.0 Å². The Kier molecular flexibility index (Phi) is 5.29. The smallest absolute Gasteiger partial charge is 0.307 e. The van der Waals surface area contributed by atoms with Crippen LogP contribution in [0.15, 0.2) is 41.2 Å². The molecule has 0 aliphatic carbocycles. The predicted molar refractivity (Wildman–Crippen MR) is 119 cm³/mol. The highest BCUT2D eigenvalue weighted by atomic mass is 16.6. The first-order valence-corrected chi connectivity index (χ1v) is 10.6. The number of aliphatic carboxylic acids is 1. The molecule has 0 amide bonds. The number of ether oxygens (including phenoxy) is 1. The number of carboxylic acids is 1. The van der Waals surface area contributed by atoms with Gasteiger partial charge in [0.05, 0.1) is 23.6 Å². The highest BCUT2D eigenvalue weighted by molar-refractivity contribution is 5.94. The Bertz CT molecular complexity index is 1340. The van der Waals surface area contributed by atoms with Crippen LogP contribution in [0.3, 0.4) is 0 Å². The second kappa shape index (κ2) is 8.41. The van der Waals surface area contributed by atoms with Crippen molar-refractivity contribution in [2.24, 2.45) is 5.92 Å². The van der Waals surface area contributed by atoms with Crippen molar-refractivity contribution in [2.45, 2.75) is 19.3 Å². The van der Waals surface area contributed by atoms with Crippen LogP contribution >= 0.6 is 0 Å². The fraction of sp³-hybridized carbons (Fsp3) is 0.318. The van der Waals surface area contributed by atoms with Crippen LogP contribution in [0.4, 0.5) is 11.4 Å². The van der Waals surface area contributed by atoms with Crippen LogP contribution < -0.4 is 9.64 Å². The van der Waals surface area contributed by atoms with Gasteiger partial charge in [-0.05, 0) is 58.9 Å². The number of nitro benzene ring substituents is 1. The highest BCUT2D eigenvalue weighted by Gasteiger charge is 2.26. The van der Waals surface area contributed by atoms with Crippen molar-refractivity contribution in [1.82, 2.24) is 15.3 Å². The maximum absolute atomic E-state index is 11.2. The maximum Gasteiger partial charge on any atom is 0.307 e. The van der Waals surface area contributed by atoms with Gasteiger partial charge in [0.25, 0.3) is 0 Å². The van der Waals surface area contributed by atoms with E-state index in [1.54, 1.807) is 12.3 Å². The molecule has 0 spiro atoms. The normalized spacial score (nSPS) is 14.7. The van der Waals surface area contributed by atoms with Gasteiger partial charge in [-0.1, -0.05) is 0 Å². The zero-order chi connectivity index (χ0) is 22.9. The van der Waals surface area contributed by atoms with E-state index in [0.717, 1.165) is 48.1 Å². The molecule has 11 nitrogen and oxygen atoms in total. The fourth-order valence-corrected chi connectivity index (χ4v) is 4.35. The topological polar surface area (TPSA) is 148 Å². The van der Waals surface area contributed by atoms with Gasteiger partial charge in [-0.25, -0.2) is 4.63 Å². The molecule has 0 radical (unpaired) electrons. The molecule has 2 aromatic heterocycles. The van der Waals surface area contributed by atoms with Crippen molar-refractivity contribution in [3.05, 3.63) is 52.2 Å². The van der Waals surface area contributed by atoms with E-state index in [0.29, 0.717) is 23.8 Å². The Balaban J connectivity index is 1.22. The number of fused-ring (bicyclic) bond motifs is 2. The number of nitro groups is 1. The van der Waals surface area contributed by atoms with Crippen LogP contribution in [-0.2, 0) is 11.2 Å².